The predicted octanol–water partition coefficient (Wildman–Crippen LogP) is 6.04. The maximum atomic E-state index is 4.84. The maximum absolute atomic E-state index is 4.84. The van der Waals surface area contributed by atoms with Gasteiger partial charge in [0.15, 0.2) is 5.13 Å². The fourth-order valence-corrected chi connectivity index (χ4v) is 3.85. The number of para-hydroxylation sites is 1. The average molecular weight is 373 g/mol. The molecular weight excluding hydrogens is 356 g/mol. The molecule has 0 spiro atoms. The van der Waals surface area contributed by atoms with E-state index in [0.717, 1.165) is 27.4 Å². The van der Waals surface area contributed by atoms with Crippen molar-refractivity contribution in [1.82, 2.24) is 4.98 Å². The van der Waals surface area contributed by atoms with Crippen LogP contribution in [0.4, 0.5) is 10.8 Å². The van der Waals surface area contributed by atoms with E-state index in [1.165, 1.54) is 11.3 Å². The van der Waals surface area contributed by atoms with Crippen LogP contribution in [-0.4, -0.2) is 11.5 Å². The molecule has 2 nitrogen and oxygen atoms in total. The first kappa shape index (κ1) is 15.3. The van der Waals surface area contributed by atoms with Crippen molar-refractivity contribution < 1.29 is 0 Å². The molecular formula is C18H17BrN2S. The van der Waals surface area contributed by atoms with Crippen LogP contribution in [0, 0.1) is 6.92 Å². The highest BCUT2D eigenvalue weighted by Crippen LogP contribution is 2.35. The van der Waals surface area contributed by atoms with E-state index >= 15 is 0 Å². The van der Waals surface area contributed by atoms with Crippen LogP contribution in [0.15, 0.2) is 58.4 Å². The van der Waals surface area contributed by atoms with Gasteiger partial charge in [-0.2, -0.15) is 0 Å². The SMILES string of the molecule is CCN(c1nc(-c2ccccc2Br)cs1)c1ccccc1C. The topological polar surface area (TPSA) is 16.1 Å². The van der Waals surface area contributed by atoms with Gasteiger partial charge in [0.25, 0.3) is 0 Å². The van der Waals surface area contributed by atoms with Crippen molar-refractivity contribution in [3.8, 4) is 11.3 Å². The molecule has 0 amide bonds. The van der Waals surface area contributed by atoms with Crippen LogP contribution in [0.2, 0.25) is 0 Å². The molecule has 4 heteroatoms. The molecule has 3 rings (SSSR count). The van der Waals surface area contributed by atoms with E-state index in [1.807, 2.05) is 18.2 Å². The van der Waals surface area contributed by atoms with Gasteiger partial charge in [-0.3, -0.25) is 0 Å². The van der Waals surface area contributed by atoms with E-state index in [-0.39, 0.29) is 0 Å². The molecule has 0 atom stereocenters. The molecule has 22 heavy (non-hydrogen) atoms. The number of thiazole rings is 1. The van der Waals surface area contributed by atoms with Crippen molar-refractivity contribution in [2.45, 2.75) is 13.8 Å². The van der Waals surface area contributed by atoms with Gasteiger partial charge in [-0.1, -0.05) is 52.3 Å². The molecule has 0 saturated carbocycles. The van der Waals surface area contributed by atoms with Gasteiger partial charge in [-0.25, -0.2) is 4.98 Å². The quantitative estimate of drug-likeness (QED) is 0.554. The fraction of sp³-hybridized carbons (Fsp3) is 0.167. The summed E-state index contributed by atoms with van der Waals surface area (Å²) in [6.07, 6.45) is 0. The van der Waals surface area contributed by atoms with Gasteiger partial charge in [-0.05, 0) is 31.5 Å². The third-order valence-corrected chi connectivity index (χ3v) is 5.15. The number of hydrogen-bond donors (Lipinski definition) is 0. The summed E-state index contributed by atoms with van der Waals surface area (Å²) in [7, 11) is 0. The van der Waals surface area contributed by atoms with Gasteiger partial charge in [-0.15, -0.1) is 11.3 Å². The monoisotopic (exact) mass is 372 g/mol. The van der Waals surface area contributed by atoms with Gasteiger partial charge in [0.2, 0.25) is 0 Å². The molecule has 3 aromatic rings. The second-order valence-corrected chi connectivity index (χ2v) is 6.72. The van der Waals surface area contributed by atoms with Crippen LogP contribution in [0.3, 0.4) is 0 Å². The highest BCUT2D eigenvalue weighted by Gasteiger charge is 2.15. The number of nitrogens with zero attached hydrogens (tertiary/aromatic N) is 2. The molecule has 2 aromatic carbocycles. The Bertz CT molecular complexity index is 782. The molecule has 0 bridgehead atoms. The Balaban J connectivity index is 1.99. The molecule has 1 heterocycles. The third kappa shape index (κ3) is 2.94. The van der Waals surface area contributed by atoms with Crippen molar-refractivity contribution in [3.05, 3.63) is 63.9 Å². The number of aromatic nitrogens is 1. The Morgan fingerprint density at radius 3 is 2.55 bits per heavy atom. The lowest BCUT2D eigenvalue weighted by Gasteiger charge is -2.21. The van der Waals surface area contributed by atoms with Crippen LogP contribution in [0.1, 0.15) is 12.5 Å². The molecule has 112 valence electrons. The molecule has 0 fully saturated rings. The van der Waals surface area contributed by atoms with E-state index < -0.39 is 0 Å². The second kappa shape index (κ2) is 6.63. The van der Waals surface area contributed by atoms with Gasteiger partial charge < -0.3 is 4.90 Å². The maximum Gasteiger partial charge on any atom is 0.190 e. The van der Waals surface area contributed by atoms with Crippen molar-refractivity contribution in [2.75, 3.05) is 11.4 Å². The zero-order valence-corrected chi connectivity index (χ0v) is 15.0. The van der Waals surface area contributed by atoms with Gasteiger partial charge in [0.1, 0.15) is 0 Å². The van der Waals surface area contributed by atoms with Gasteiger partial charge >= 0.3 is 0 Å². The predicted molar refractivity (Wildman–Crippen MR) is 99.1 cm³/mol. The Morgan fingerprint density at radius 1 is 1.09 bits per heavy atom. The largest absolute Gasteiger partial charge is 0.318 e. The molecule has 1 aromatic heterocycles. The van der Waals surface area contributed by atoms with E-state index in [9.17, 15) is 0 Å². The number of hydrogen-bond acceptors (Lipinski definition) is 3. The summed E-state index contributed by atoms with van der Waals surface area (Å²) >= 11 is 5.29. The highest BCUT2D eigenvalue weighted by molar-refractivity contribution is 9.10. The van der Waals surface area contributed by atoms with Crippen LogP contribution in [0.5, 0.6) is 0 Å². The number of rotatable bonds is 4. The minimum atomic E-state index is 0.897. The first-order valence-corrected chi connectivity index (χ1v) is 8.91. The van der Waals surface area contributed by atoms with E-state index in [4.69, 9.17) is 4.98 Å². The fourth-order valence-electron chi connectivity index (χ4n) is 2.46. The third-order valence-electron chi connectivity index (χ3n) is 3.60. The Morgan fingerprint density at radius 2 is 1.82 bits per heavy atom. The van der Waals surface area contributed by atoms with Crippen LogP contribution in [-0.2, 0) is 0 Å². The molecule has 0 unspecified atom stereocenters. The summed E-state index contributed by atoms with van der Waals surface area (Å²) in [6, 6.07) is 16.6. The average Bonchev–Trinajstić information content (AvgIpc) is 3.00. The molecule has 0 aliphatic heterocycles. The lowest BCUT2D eigenvalue weighted by molar-refractivity contribution is 1.00. The molecule has 0 radical (unpaired) electrons. The highest BCUT2D eigenvalue weighted by atomic mass is 79.9. The molecule has 0 saturated heterocycles. The van der Waals surface area contributed by atoms with E-state index in [1.54, 1.807) is 11.3 Å². The first-order chi connectivity index (χ1) is 10.7. The van der Waals surface area contributed by atoms with E-state index in [0.29, 0.717) is 0 Å². The van der Waals surface area contributed by atoms with Gasteiger partial charge in [0.05, 0.1) is 5.69 Å². The zero-order valence-electron chi connectivity index (χ0n) is 12.6. The summed E-state index contributed by atoms with van der Waals surface area (Å²) in [5.74, 6) is 0. The van der Waals surface area contributed by atoms with Crippen molar-refractivity contribution in [3.63, 3.8) is 0 Å². The number of anilines is 2. The standard InChI is InChI=1S/C18H17BrN2S/c1-3-21(17-11-7-4-8-13(17)2)18-20-16(12-22-18)14-9-5-6-10-15(14)19/h4-12H,3H2,1-2H3. The Hall–Kier alpha value is -1.65. The Kier molecular flexibility index (Phi) is 4.60. The van der Waals surface area contributed by atoms with Gasteiger partial charge in [0, 0.05) is 27.6 Å². The summed E-state index contributed by atoms with van der Waals surface area (Å²) in [5, 5.41) is 3.15. The number of benzene rings is 2. The minimum Gasteiger partial charge on any atom is -0.318 e. The summed E-state index contributed by atoms with van der Waals surface area (Å²) in [4.78, 5) is 7.11. The number of aryl methyl sites for hydroxylation is 1. The lowest BCUT2D eigenvalue weighted by atomic mass is 10.2. The smallest absolute Gasteiger partial charge is 0.190 e. The summed E-state index contributed by atoms with van der Waals surface area (Å²) in [6.45, 7) is 5.19. The number of halogens is 1. The first-order valence-electron chi connectivity index (χ1n) is 7.24. The van der Waals surface area contributed by atoms with E-state index in [2.05, 4.69) is 70.4 Å². The van der Waals surface area contributed by atoms with Crippen LogP contribution < -0.4 is 4.90 Å². The normalized spacial score (nSPS) is 10.7. The summed E-state index contributed by atoms with van der Waals surface area (Å²) in [5.41, 5.74) is 4.63. The summed E-state index contributed by atoms with van der Waals surface area (Å²) < 4.78 is 1.07. The van der Waals surface area contributed by atoms with Crippen molar-refractivity contribution in [1.29, 1.82) is 0 Å². The minimum absolute atomic E-state index is 0.897. The van der Waals surface area contributed by atoms with Crippen LogP contribution in [0.25, 0.3) is 11.3 Å². The van der Waals surface area contributed by atoms with Crippen molar-refractivity contribution in [2.24, 2.45) is 0 Å². The molecule has 0 aliphatic carbocycles. The second-order valence-electron chi connectivity index (χ2n) is 5.03. The molecule has 0 aliphatic rings. The molecule has 0 N–H and O–H groups in total. The van der Waals surface area contributed by atoms with Crippen LogP contribution >= 0.6 is 27.3 Å². The lowest BCUT2D eigenvalue weighted by Crippen LogP contribution is -2.16. The zero-order chi connectivity index (χ0) is 15.5. The van der Waals surface area contributed by atoms with Crippen molar-refractivity contribution >= 4 is 38.1 Å². The Labute approximate surface area is 143 Å².